The maximum absolute atomic E-state index is 13.3. The van der Waals surface area contributed by atoms with E-state index in [1.165, 1.54) is 84.4 Å². The molecule has 113 heavy (non-hydrogen) atoms. The third kappa shape index (κ3) is 24.3. The molecule has 0 bridgehead atoms. The highest BCUT2D eigenvalue weighted by molar-refractivity contribution is 7.81. The number of aromatic nitrogens is 3. The first-order valence-electron chi connectivity index (χ1n) is 34.1. The number of carbonyl (C=O) groups is 4. The number of hydrogen-bond donors (Lipinski definition) is 2. The number of para-hydroxylation sites is 3. The Balaban J connectivity index is 0.000000181. The first-order valence-corrected chi connectivity index (χ1v) is 34.5. The van der Waals surface area contributed by atoms with E-state index in [9.17, 15) is 76.7 Å². The molecule has 21 nitrogen and oxygen atoms in total. The molecule has 0 radical (unpaired) electrons. The van der Waals surface area contributed by atoms with Gasteiger partial charge in [-0.2, -0.15) is 4.99 Å². The van der Waals surface area contributed by atoms with Crippen molar-refractivity contribution in [2.24, 2.45) is 4.99 Å². The number of fused-ring (bicyclic) bond motifs is 3. The summed E-state index contributed by atoms with van der Waals surface area (Å²) in [5.74, 6) is -2.17. The van der Waals surface area contributed by atoms with E-state index in [1.807, 2.05) is 113 Å². The van der Waals surface area contributed by atoms with E-state index >= 15 is 0 Å². The number of esters is 1. The van der Waals surface area contributed by atoms with Crippen LogP contribution in [0, 0.1) is 0 Å². The number of isocyanates is 1. The minimum atomic E-state index is -4.83. The summed E-state index contributed by atoms with van der Waals surface area (Å²) in [7, 11) is 1.40. The fourth-order valence-corrected chi connectivity index (χ4v) is 11.6. The number of nitrogens with zero attached hydrogens (tertiary/aromatic N) is 8. The second kappa shape index (κ2) is 36.9. The first-order chi connectivity index (χ1) is 53.1. The normalized spacial score (nSPS) is 15.2. The SMILES string of the molecule is CC1(C)C(=O)N(c2ccc(OC(F)(F)F)cc2)C(=O)N1Cc1ccnc2ccccc12.CC1(C)C(=S)N(c2ccc(OC(F)(F)F)cc2)C(=O)N1Cc1ccnc2ccccc12.CC1CCCO1.COC(=O)C(C)(C)NCc1ccnc2ccccc12.Nc1ccc(OC(F)(F)F)cc1.O=C=Nc1ccc(OC(F)(F)F)cc1. The largest absolute Gasteiger partial charge is 0.573 e. The molecule has 3 fully saturated rings. The number of anilines is 3. The van der Waals surface area contributed by atoms with Crippen LogP contribution in [-0.2, 0) is 43.5 Å². The van der Waals surface area contributed by atoms with Crippen LogP contribution < -0.4 is 39.8 Å². The molecule has 10 aromatic rings. The third-order valence-electron chi connectivity index (χ3n) is 17.1. The van der Waals surface area contributed by atoms with Crippen LogP contribution in [-0.4, -0.2) is 122 Å². The van der Waals surface area contributed by atoms with E-state index in [0.717, 1.165) is 109 Å². The van der Waals surface area contributed by atoms with Crippen LogP contribution >= 0.6 is 12.2 Å². The van der Waals surface area contributed by atoms with Gasteiger partial charge < -0.3 is 44.0 Å². The number of halogens is 12. The predicted octanol–water partition coefficient (Wildman–Crippen LogP) is 18.7. The molecule has 596 valence electrons. The number of benzene rings is 7. The van der Waals surface area contributed by atoms with Crippen LogP contribution in [0.1, 0.15) is 78.0 Å². The Hall–Kier alpha value is -12.0. The molecule has 3 aliphatic heterocycles. The summed E-state index contributed by atoms with van der Waals surface area (Å²) in [6.45, 7) is 14.8. The van der Waals surface area contributed by atoms with Gasteiger partial charge in [0.05, 0.1) is 52.4 Å². The first kappa shape index (κ1) is 86.6. The molecule has 1 unspecified atom stereocenters. The number of hydrogen-bond acceptors (Lipinski definition) is 18. The number of nitrogen functional groups attached to an aromatic ring is 1. The second-order valence-corrected chi connectivity index (χ2v) is 26.7. The van der Waals surface area contributed by atoms with E-state index in [4.69, 9.17) is 27.4 Å². The highest BCUT2D eigenvalue weighted by Gasteiger charge is 2.52. The number of imide groups is 1. The van der Waals surface area contributed by atoms with Gasteiger partial charge in [0.15, 0.2) is 0 Å². The van der Waals surface area contributed by atoms with Gasteiger partial charge in [-0.1, -0.05) is 66.8 Å². The molecule has 1 atom stereocenters. The number of carbonyl (C=O) groups excluding carboxylic acids is 5. The molecule has 0 aliphatic carbocycles. The van der Waals surface area contributed by atoms with Crippen molar-refractivity contribution in [3.63, 3.8) is 0 Å². The minimum Gasteiger partial charge on any atom is -0.468 e. The average molecular weight is 1600 g/mol. The summed E-state index contributed by atoms with van der Waals surface area (Å²) in [6, 6.07) is 47.0. The number of thiocarbonyl (C=S) groups is 1. The van der Waals surface area contributed by atoms with Crippen molar-refractivity contribution in [1.29, 1.82) is 0 Å². The van der Waals surface area contributed by atoms with Gasteiger partial charge in [-0.05, 0) is 211 Å². The number of nitrogens with two attached hydrogens (primary N) is 1. The van der Waals surface area contributed by atoms with Gasteiger partial charge >= 0.3 is 43.5 Å². The summed E-state index contributed by atoms with van der Waals surface area (Å²) in [5, 5.41) is 6.12. The van der Waals surface area contributed by atoms with Crippen molar-refractivity contribution in [3.05, 3.63) is 223 Å². The summed E-state index contributed by atoms with van der Waals surface area (Å²) >= 11 is 5.59. The van der Waals surface area contributed by atoms with Gasteiger partial charge in [-0.15, -0.1) is 52.7 Å². The van der Waals surface area contributed by atoms with E-state index in [0.29, 0.717) is 35.6 Å². The van der Waals surface area contributed by atoms with Crippen molar-refractivity contribution in [1.82, 2.24) is 30.1 Å². The Morgan fingerprint density at radius 3 is 1.28 bits per heavy atom. The lowest BCUT2D eigenvalue weighted by Gasteiger charge is -2.29. The summed E-state index contributed by atoms with van der Waals surface area (Å²) < 4.78 is 169. The highest BCUT2D eigenvalue weighted by atomic mass is 32.1. The Morgan fingerprint density at radius 1 is 0.549 bits per heavy atom. The Morgan fingerprint density at radius 2 is 0.912 bits per heavy atom. The fourth-order valence-electron chi connectivity index (χ4n) is 11.3. The molecule has 3 saturated heterocycles. The zero-order chi connectivity index (χ0) is 82.9. The van der Waals surface area contributed by atoms with Gasteiger partial charge in [0.25, 0.3) is 5.91 Å². The molecule has 0 spiro atoms. The second-order valence-electron chi connectivity index (χ2n) is 26.3. The minimum absolute atomic E-state index is 0.166. The lowest BCUT2D eigenvalue weighted by molar-refractivity contribution is -0.275. The van der Waals surface area contributed by atoms with E-state index in [2.05, 4.69) is 51.1 Å². The van der Waals surface area contributed by atoms with Gasteiger partial charge in [-0.25, -0.2) is 19.3 Å². The maximum atomic E-state index is 13.3. The molecule has 7 aromatic carbocycles. The number of rotatable bonds is 15. The van der Waals surface area contributed by atoms with Crippen molar-refractivity contribution in [2.45, 2.75) is 129 Å². The number of nitrogens with one attached hydrogen (secondary N) is 1. The number of pyridine rings is 3. The topological polar surface area (TPSA) is 243 Å². The number of methoxy groups -OCH3 is 1. The van der Waals surface area contributed by atoms with Crippen molar-refractivity contribution in [3.8, 4) is 23.0 Å². The van der Waals surface area contributed by atoms with Crippen LogP contribution in [0.2, 0.25) is 0 Å². The molecule has 13 rings (SSSR count). The van der Waals surface area contributed by atoms with E-state index in [1.54, 1.807) is 43.4 Å². The molecular weight excluding hydrogens is 1520 g/mol. The lowest BCUT2D eigenvalue weighted by Crippen LogP contribution is -2.46. The number of ether oxygens (including phenoxy) is 6. The lowest BCUT2D eigenvalue weighted by atomic mass is 10.0. The molecule has 3 aromatic heterocycles. The zero-order valence-electron chi connectivity index (χ0n) is 61.5. The standard InChI is InChI=1S/C22H18F3N3O3.C22H18F3N3O2S.C15H18N2O2.C8H4F3NO2.C7H6F3NO.C5H10O/c1-21(2)19(29)28(15-7-9-16(10-8-15)31-22(23,24)25)20(30)27(21)13-14-11-12-26-18-6-4-3-5-17(14)18;1-21(2)19(31)28(15-7-9-16(10-8-15)30-22(23,24)25)20(29)27(21)13-14-11-12-26-18-6-4-3-5-17(14)18;1-15(2,14(18)19-3)17-10-11-8-9-16-13-7-5-4-6-12(11)13;9-8(10,11)14-7-3-1-6(2-4-7)12-5-13;8-7(9,10)12-6-3-1-5(11)2-4-6;1-5-3-2-4-6-5/h2*3-12H,13H2,1-2H3;4-9,17H,10H2,1-3H3;1-4H;1-4H,11H2;5H,2-4H2,1H3. The third-order valence-corrected chi connectivity index (χ3v) is 17.8. The smallest absolute Gasteiger partial charge is 0.468 e. The number of amides is 5. The summed E-state index contributed by atoms with van der Waals surface area (Å²) in [6.07, 6.45) is -9.51. The van der Waals surface area contributed by atoms with Crippen LogP contribution in [0.3, 0.4) is 0 Å². The van der Waals surface area contributed by atoms with Crippen LogP contribution in [0.5, 0.6) is 23.0 Å². The molecular formula is C79H74F12N10O11S. The van der Waals surface area contributed by atoms with Crippen LogP contribution in [0.25, 0.3) is 32.7 Å². The average Bonchev–Trinajstić information content (AvgIpc) is 1.60. The highest BCUT2D eigenvalue weighted by Crippen LogP contribution is 2.39. The van der Waals surface area contributed by atoms with Gasteiger partial charge in [-0.3, -0.25) is 34.8 Å². The molecule has 0 saturated carbocycles. The van der Waals surface area contributed by atoms with Crippen molar-refractivity contribution >= 4 is 103 Å². The Kier molecular flexibility index (Phi) is 28.3. The number of alkyl halides is 12. The van der Waals surface area contributed by atoms with Crippen LogP contribution in [0.4, 0.5) is 85.0 Å². The van der Waals surface area contributed by atoms with Crippen molar-refractivity contribution < 1.29 is 105 Å². The van der Waals surface area contributed by atoms with Crippen molar-refractivity contribution in [2.75, 3.05) is 29.3 Å². The summed E-state index contributed by atoms with van der Waals surface area (Å²) in [5.41, 5.74) is 9.18. The van der Waals surface area contributed by atoms with E-state index in [-0.39, 0.29) is 47.2 Å². The van der Waals surface area contributed by atoms with Gasteiger partial charge in [0, 0.05) is 66.7 Å². The zero-order valence-corrected chi connectivity index (χ0v) is 62.4. The molecule has 6 heterocycles. The summed E-state index contributed by atoms with van der Waals surface area (Å²) in [4.78, 5) is 82.9. The van der Waals surface area contributed by atoms with Crippen LogP contribution in [0.15, 0.2) is 212 Å². The number of urea groups is 2. The fraction of sp³-hybridized carbons (Fsp3) is 0.278. The van der Waals surface area contributed by atoms with E-state index < -0.39 is 59.8 Å². The quantitative estimate of drug-likeness (QED) is 0.0184. The Labute approximate surface area is 644 Å². The van der Waals surface area contributed by atoms with Gasteiger partial charge in [0.2, 0.25) is 6.08 Å². The molecule has 34 heteroatoms. The predicted molar refractivity (Wildman–Crippen MR) is 400 cm³/mol. The number of aliphatic imine (C=N–C) groups is 1. The molecule has 3 N–H and O–H groups in total. The van der Waals surface area contributed by atoms with Gasteiger partial charge in [0.1, 0.15) is 39.1 Å². The molecule has 3 aliphatic rings. The maximum Gasteiger partial charge on any atom is 0.573 e. The monoisotopic (exact) mass is 1600 g/mol. The molecule has 5 amide bonds. The Bertz CT molecular complexity index is 4790.